The Balaban J connectivity index is 2.20. The van der Waals surface area contributed by atoms with Gasteiger partial charge in [0.1, 0.15) is 0 Å². The van der Waals surface area contributed by atoms with E-state index < -0.39 is 6.09 Å². The van der Waals surface area contributed by atoms with E-state index in [1.165, 1.54) is 10.5 Å². The van der Waals surface area contributed by atoms with Crippen LogP contribution in [0.1, 0.15) is 45.7 Å². The van der Waals surface area contributed by atoms with E-state index in [1.54, 1.807) is 0 Å². The second-order valence-corrected chi connectivity index (χ2v) is 7.83. The molecule has 1 aliphatic heterocycles. The van der Waals surface area contributed by atoms with Crippen molar-refractivity contribution in [3.8, 4) is 0 Å². The third kappa shape index (κ3) is 4.08. The zero-order valence-corrected chi connectivity index (χ0v) is 15.1. The number of piperidine rings is 1. The second-order valence-electron chi connectivity index (χ2n) is 7.83. The van der Waals surface area contributed by atoms with E-state index in [0.717, 1.165) is 0 Å². The highest BCUT2D eigenvalue weighted by atomic mass is 16.4. The van der Waals surface area contributed by atoms with Crippen LogP contribution in [0.2, 0.25) is 0 Å². The van der Waals surface area contributed by atoms with E-state index in [4.69, 9.17) is 0 Å². The Hall–Kier alpha value is -1.59. The topological polar surface area (TPSA) is 72.8 Å². The molecule has 0 aromatic heterocycles. The molecule has 1 saturated heterocycles. The summed E-state index contributed by atoms with van der Waals surface area (Å²) in [6.07, 6.45) is -0.190. The number of likely N-dealkylation sites (tertiary alicyclic amines) is 1. The van der Waals surface area contributed by atoms with E-state index in [2.05, 4.69) is 24.4 Å². The molecule has 0 aliphatic carbocycles. The van der Waals surface area contributed by atoms with E-state index >= 15 is 0 Å². The van der Waals surface area contributed by atoms with Crippen LogP contribution in [0.25, 0.3) is 0 Å². The van der Waals surface area contributed by atoms with Crippen LogP contribution in [0.3, 0.4) is 0 Å². The molecular formula is C19H30N2O3. The van der Waals surface area contributed by atoms with Crippen molar-refractivity contribution in [2.45, 2.75) is 52.2 Å². The standard InChI is InChI=1S/C19H30N2O3/c1-13(14-8-6-5-7-9-14)20-16-10-11-21(18(23)24)17(15(16)12-22)19(2,3)4/h5-9,13,15-17,20,22H,10-12H2,1-4H3,(H,23,24)/t13-,15+,16-,17?/m1/s1. The van der Waals surface area contributed by atoms with Gasteiger partial charge in [-0.15, -0.1) is 0 Å². The molecular weight excluding hydrogens is 304 g/mol. The molecule has 1 fully saturated rings. The summed E-state index contributed by atoms with van der Waals surface area (Å²) in [7, 11) is 0. The van der Waals surface area contributed by atoms with Gasteiger partial charge in [0.2, 0.25) is 0 Å². The molecule has 3 N–H and O–H groups in total. The summed E-state index contributed by atoms with van der Waals surface area (Å²) in [5.74, 6) is -0.124. The Morgan fingerprint density at radius 1 is 1.33 bits per heavy atom. The molecule has 0 radical (unpaired) electrons. The van der Waals surface area contributed by atoms with Crippen molar-refractivity contribution in [2.75, 3.05) is 13.2 Å². The summed E-state index contributed by atoms with van der Waals surface area (Å²) in [5, 5.41) is 23.2. The molecule has 1 heterocycles. The average Bonchev–Trinajstić information content (AvgIpc) is 2.54. The predicted octanol–water partition coefficient (Wildman–Crippen LogP) is 3.11. The highest BCUT2D eigenvalue weighted by Gasteiger charge is 2.45. The SMILES string of the molecule is C[C@@H](N[C@@H]1CCN(C(=O)O)C(C(C)(C)C)[C@H]1CO)c1ccccc1. The number of rotatable bonds is 4. The van der Waals surface area contributed by atoms with Crippen molar-refractivity contribution >= 4 is 6.09 Å². The van der Waals surface area contributed by atoms with Crippen LogP contribution < -0.4 is 5.32 Å². The molecule has 1 aromatic carbocycles. The van der Waals surface area contributed by atoms with Crippen molar-refractivity contribution in [2.24, 2.45) is 11.3 Å². The lowest BCUT2D eigenvalue weighted by molar-refractivity contribution is -0.0161. The number of carbonyl (C=O) groups is 1. The maximum Gasteiger partial charge on any atom is 0.407 e. The Labute approximate surface area is 144 Å². The second kappa shape index (κ2) is 7.53. The zero-order chi connectivity index (χ0) is 17.9. The number of nitrogens with one attached hydrogen (secondary N) is 1. The van der Waals surface area contributed by atoms with Crippen molar-refractivity contribution in [3.05, 3.63) is 35.9 Å². The fourth-order valence-corrected chi connectivity index (χ4v) is 4.00. The van der Waals surface area contributed by atoms with E-state index in [-0.39, 0.29) is 36.1 Å². The molecule has 24 heavy (non-hydrogen) atoms. The van der Waals surface area contributed by atoms with Gasteiger partial charge in [0.15, 0.2) is 0 Å². The van der Waals surface area contributed by atoms with Gasteiger partial charge in [-0.3, -0.25) is 0 Å². The highest BCUT2D eigenvalue weighted by molar-refractivity contribution is 5.66. The smallest absolute Gasteiger partial charge is 0.407 e. The van der Waals surface area contributed by atoms with Crippen molar-refractivity contribution < 1.29 is 15.0 Å². The molecule has 0 spiro atoms. The molecule has 2 rings (SSSR count). The Kier molecular flexibility index (Phi) is 5.88. The van der Waals surface area contributed by atoms with Crippen molar-refractivity contribution in [1.82, 2.24) is 10.2 Å². The number of aliphatic hydroxyl groups excluding tert-OH is 1. The first kappa shape index (κ1) is 18.7. The van der Waals surface area contributed by atoms with Crippen LogP contribution in [-0.4, -0.2) is 46.4 Å². The molecule has 1 amide bonds. The molecule has 5 heteroatoms. The summed E-state index contributed by atoms with van der Waals surface area (Å²) in [6, 6.07) is 10.2. The molecule has 1 aliphatic rings. The van der Waals surface area contributed by atoms with Gasteiger partial charge in [-0.25, -0.2) is 4.79 Å². The number of amides is 1. The van der Waals surface area contributed by atoms with Crippen molar-refractivity contribution in [1.29, 1.82) is 0 Å². The normalized spacial score (nSPS) is 26.2. The third-order valence-corrected chi connectivity index (χ3v) is 5.05. The summed E-state index contributed by atoms with van der Waals surface area (Å²) in [6.45, 7) is 8.70. The fourth-order valence-electron chi connectivity index (χ4n) is 4.00. The quantitative estimate of drug-likeness (QED) is 0.791. The average molecular weight is 334 g/mol. The van der Waals surface area contributed by atoms with Crippen LogP contribution in [0.5, 0.6) is 0 Å². The number of aliphatic hydroxyl groups is 1. The Morgan fingerprint density at radius 2 is 1.96 bits per heavy atom. The van der Waals surface area contributed by atoms with Gasteiger partial charge in [0, 0.05) is 37.2 Å². The lowest BCUT2D eigenvalue weighted by Crippen LogP contribution is -2.62. The summed E-state index contributed by atoms with van der Waals surface area (Å²) >= 11 is 0. The van der Waals surface area contributed by atoms with Gasteiger partial charge in [-0.05, 0) is 24.3 Å². The zero-order valence-electron chi connectivity index (χ0n) is 15.1. The van der Waals surface area contributed by atoms with Crippen LogP contribution in [0.4, 0.5) is 4.79 Å². The van der Waals surface area contributed by atoms with Gasteiger partial charge < -0.3 is 20.4 Å². The largest absolute Gasteiger partial charge is 0.465 e. The monoisotopic (exact) mass is 334 g/mol. The lowest BCUT2D eigenvalue weighted by atomic mass is 9.72. The maximum absolute atomic E-state index is 11.6. The minimum Gasteiger partial charge on any atom is -0.465 e. The van der Waals surface area contributed by atoms with Crippen LogP contribution >= 0.6 is 0 Å². The molecule has 1 unspecified atom stereocenters. The Bertz CT molecular complexity index is 541. The predicted molar refractivity (Wildman–Crippen MR) is 94.9 cm³/mol. The summed E-state index contributed by atoms with van der Waals surface area (Å²) < 4.78 is 0. The Morgan fingerprint density at radius 3 is 2.46 bits per heavy atom. The third-order valence-electron chi connectivity index (χ3n) is 5.05. The highest BCUT2D eigenvalue weighted by Crippen LogP contribution is 2.36. The number of hydrogen-bond acceptors (Lipinski definition) is 3. The minimum atomic E-state index is -0.900. The molecule has 1 aromatic rings. The van der Waals surface area contributed by atoms with Gasteiger partial charge in [0.25, 0.3) is 0 Å². The van der Waals surface area contributed by atoms with E-state index in [0.29, 0.717) is 13.0 Å². The molecule has 4 atom stereocenters. The van der Waals surface area contributed by atoms with Crippen LogP contribution in [-0.2, 0) is 0 Å². The molecule has 134 valence electrons. The lowest BCUT2D eigenvalue weighted by Gasteiger charge is -2.50. The first-order valence-electron chi connectivity index (χ1n) is 8.67. The van der Waals surface area contributed by atoms with Gasteiger partial charge >= 0.3 is 6.09 Å². The van der Waals surface area contributed by atoms with Crippen molar-refractivity contribution in [3.63, 3.8) is 0 Å². The molecule has 0 saturated carbocycles. The summed E-state index contributed by atoms with van der Waals surface area (Å²) in [5.41, 5.74) is 0.962. The minimum absolute atomic E-state index is 0.0229. The summed E-state index contributed by atoms with van der Waals surface area (Å²) in [4.78, 5) is 13.2. The van der Waals surface area contributed by atoms with Gasteiger partial charge in [0.05, 0.1) is 0 Å². The fraction of sp³-hybridized carbons (Fsp3) is 0.632. The van der Waals surface area contributed by atoms with Gasteiger partial charge in [-0.2, -0.15) is 0 Å². The first-order chi connectivity index (χ1) is 11.3. The molecule has 0 bridgehead atoms. The van der Waals surface area contributed by atoms with Crippen LogP contribution in [0.15, 0.2) is 30.3 Å². The maximum atomic E-state index is 11.6. The van der Waals surface area contributed by atoms with Gasteiger partial charge in [-0.1, -0.05) is 51.1 Å². The number of carboxylic acid groups (broad SMARTS) is 1. The number of benzene rings is 1. The van der Waals surface area contributed by atoms with E-state index in [1.807, 2.05) is 39.0 Å². The number of hydrogen-bond donors (Lipinski definition) is 3. The first-order valence-corrected chi connectivity index (χ1v) is 8.67. The number of nitrogens with zero attached hydrogens (tertiary/aromatic N) is 1. The molecule has 5 nitrogen and oxygen atoms in total. The van der Waals surface area contributed by atoms with Crippen LogP contribution in [0, 0.1) is 11.3 Å². The van der Waals surface area contributed by atoms with E-state index in [9.17, 15) is 15.0 Å².